The van der Waals surface area contributed by atoms with E-state index in [-0.39, 0.29) is 56.3 Å². The third kappa shape index (κ3) is 4.98. The standard InChI is InChI=1S/C26H26FN7O4/c27-20-15-18(32-17-19(16-28)38-26(32)37)7-8-23(20)31-11-13-33(24(35)21-5-1-3-9-29-21)34(14-12-31)25(36)22-6-2-4-10-30-22/h1-10,15,19H,11-14,16-17,28H2/t19-/m0/s1. The Morgan fingerprint density at radius 3 is 2.00 bits per heavy atom. The Bertz CT molecular complexity index is 1270. The summed E-state index contributed by atoms with van der Waals surface area (Å²) in [4.78, 5) is 50.3. The Labute approximate surface area is 218 Å². The van der Waals surface area contributed by atoms with Gasteiger partial charge in [-0.3, -0.25) is 24.5 Å². The number of nitrogens with two attached hydrogens (primary N) is 1. The van der Waals surface area contributed by atoms with Gasteiger partial charge in [0.05, 0.1) is 31.0 Å². The van der Waals surface area contributed by atoms with E-state index in [9.17, 15) is 14.4 Å². The molecule has 12 heteroatoms. The first-order valence-electron chi connectivity index (χ1n) is 12.1. The lowest BCUT2D eigenvalue weighted by molar-refractivity contribution is 0.00212. The van der Waals surface area contributed by atoms with Crippen molar-refractivity contribution in [1.82, 2.24) is 20.0 Å². The van der Waals surface area contributed by atoms with Crippen LogP contribution in [-0.4, -0.2) is 83.3 Å². The van der Waals surface area contributed by atoms with Gasteiger partial charge in [0.25, 0.3) is 11.8 Å². The van der Waals surface area contributed by atoms with Crippen LogP contribution in [0.1, 0.15) is 21.0 Å². The largest absolute Gasteiger partial charge is 0.443 e. The maximum absolute atomic E-state index is 15.3. The van der Waals surface area contributed by atoms with Crippen LogP contribution in [0.25, 0.3) is 0 Å². The van der Waals surface area contributed by atoms with Crippen LogP contribution < -0.4 is 15.5 Å². The lowest BCUT2D eigenvalue weighted by atomic mass is 10.2. The van der Waals surface area contributed by atoms with Crippen molar-refractivity contribution in [2.75, 3.05) is 49.1 Å². The van der Waals surface area contributed by atoms with E-state index in [2.05, 4.69) is 9.97 Å². The fourth-order valence-electron chi connectivity index (χ4n) is 4.47. The first-order valence-corrected chi connectivity index (χ1v) is 12.1. The Kier molecular flexibility index (Phi) is 7.13. The fraction of sp³-hybridized carbons (Fsp3) is 0.269. The lowest BCUT2D eigenvalue weighted by Gasteiger charge is -2.32. The summed E-state index contributed by atoms with van der Waals surface area (Å²) in [5, 5.41) is 2.66. The number of cyclic esters (lactones) is 1. The number of nitrogens with zero attached hydrogens (tertiary/aromatic N) is 6. The molecule has 0 spiro atoms. The monoisotopic (exact) mass is 519 g/mol. The van der Waals surface area contributed by atoms with E-state index in [1.54, 1.807) is 53.4 Å². The number of hydrazine groups is 1. The van der Waals surface area contributed by atoms with Crippen molar-refractivity contribution >= 4 is 29.3 Å². The van der Waals surface area contributed by atoms with Crippen molar-refractivity contribution in [1.29, 1.82) is 0 Å². The number of rotatable bonds is 5. The molecule has 0 aliphatic carbocycles. The molecule has 0 saturated carbocycles. The van der Waals surface area contributed by atoms with Crippen LogP contribution in [-0.2, 0) is 4.74 Å². The maximum atomic E-state index is 15.3. The van der Waals surface area contributed by atoms with Crippen LogP contribution in [0.15, 0.2) is 67.0 Å². The van der Waals surface area contributed by atoms with E-state index < -0.39 is 29.8 Å². The van der Waals surface area contributed by atoms with Gasteiger partial charge in [-0.15, -0.1) is 0 Å². The zero-order valence-electron chi connectivity index (χ0n) is 20.4. The molecule has 4 heterocycles. The zero-order valence-corrected chi connectivity index (χ0v) is 20.4. The molecule has 2 aliphatic heterocycles. The molecular formula is C26H26FN7O4. The van der Waals surface area contributed by atoms with E-state index >= 15 is 4.39 Å². The number of ether oxygens (including phenoxy) is 1. The molecule has 0 bridgehead atoms. The molecule has 5 rings (SSSR count). The molecule has 2 fully saturated rings. The number of carbonyl (C=O) groups excluding carboxylic acids is 3. The predicted octanol–water partition coefficient (Wildman–Crippen LogP) is 1.92. The molecule has 0 radical (unpaired) electrons. The van der Waals surface area contributed by atoms with Gasteiger partial charge in [0.15, 0.2) is 0 Å². The highest BCUT2D eigenvalue weighted by molar-refractivity contribution is 5.97. The summed E-state index contributed by atoms with van der Waals surface area (Å²) in [5.41, 5.74) is 6.61. The summed E-state index contributed by atoms with van der Waals surface area (Å²) in [6, 6.07) is 14.4. The number of benzene rings is 1. The van der Waals surface area contributed by atoms with Crippen LogP contribution in [0.3, 0.4) is 0 Å². The normalized spacial score (nSPS) is 17.8. The highest BCUT2D eigenvalue weighted by Crippen LogP contribution is 2.29. The molecular weight excluding hydrogens is 493 g/mol. The van der Waals surface area contributed by atoms with Gasteiger partial charge in [-0.25, -0.2) is 19.2 Å². The van der Waals surface area contributed by atoms with Crippen LogP contribution >= 0.6 is 0 Å². The van der Waals surface area contributed by atoms with Crippen molar-refractivity contribution in [3.05, 3.63) is 84.2 Å². The highest BCUT2D eigenvalue weighted by Gasteiger charge is 2.34. The van der Waals surface area contributed by atoms with Gasteiger partial charge in [0.1, 0.15) is 23.3 Å². The minimum absolute atomic E-state index is 0.103. The van der Waals surface area contributed by atoms with E-state index in [0.717, 1.165) is 0 Å². The SMILES string of the molecule is NC[C@H]1CN(c2ccc(N3CCN(C(=O)c4ccccn4)N(C(=O)c4ccccn4)CC3)c(F)c2)C(=O)O1. The molecule has 11 nitrogen and oxygen atoms in total. The second-order valence-corrected chi connectivity index (χ2v) is 8.76. The molecule has 2 aromatic heterocycles. The highest BCUT2D eigenvalue weighted by atomic mass is 19.1. The van der Waals surface area contributed by atoms with E-state index in [0.29, 0.717) is 5.69 Å². The van der Waals surface area contributed by atoms with Crippen molar-refractivity contribution in [3.8, 4) is 0 Å². The quantitative estimate of drug-likeness (QED) is 0.542. The van der Waals surface area contributed by atoms with E-state index in [4.69, 9.17) is 10.5 Å². The Hall–Kier alpha value is -4.58. The number of hydrogen-bond acceptors (Lipinski definition) is 8. The Morgan fingerprint density at radius 1 is 0.921 bits per heavy atom. The van der Waals surface area contributed by atoms with Crippen molar-refractivity contribution in [2.45, 2.75) is 6.10 Å². The van der Waals surface area contributed by atoms with Crippen LogP contribution in [0.4, 0.5) is 20.6 Å². The fourth-order valence-corrected chi connectivity index (χ4v) is 4.47. The van der Waals surface area contributed by atoms with Crippen molar-refractivity contribution in [3.63, 3.8) is 0 Å². The Balaban J connectivity index is 1.40. The number of aromatic nitrogens is 2. The summed E-state index contributed by atoms with van der Waals surface area (Å²) >= 11 is 0. The molecule has 38 heavy (non-hydrogen) atoms. The van der Waals surface area contributed by atoms with Crippen LogP contribution in [0.2, 0.25) is 0 Å². The number of halogens is 1. The van der Waals surface area contributed by atoms with Gasteiger partial charge in [-0.2, -0.15) is 0 Å². The second-order valence-electron chi connectivity index (χ2n) is 8.76. The predicted molar refractivity (Wildman–Crippen MR) is 136 cm³/mol. The van der Waals surface area contributed by atoms with Gasteiger partial charge in [-0.05, 0) is 42.5 Å². The molecule has 3 aromatic rings. The summed E-state index contributed by atoms with van der Waals surface area (Å²) in [7, 11) is 0. The van der Waals surface area contributed by atoms with Gasteiger partial charge in [-0.1, -0.05) is 12.1 Å². The topological polar surface area (TPSA) is 125 Å². The number of carbonyl (C=O) groups is 3. The molecule has 2 N–H and O–H groups in total. The summed E-state index contributed by atoms with van der Waals surface area (Å²) in [6.07, 6.45) is 1.99. The average molecular weight is 520 g/mol. The zero-order chi connectivity index (χ0) is 26.6. The molecule has 1 aromatic carbocycles. The molecule has 0 unspecified atom stereocenters. The van der Waals surface area contributed by atoms with Gasteiger partial charge in [0, 0.05) is 32.0 Å². The molecule has 3 amide bonds. The molecule has 2 saturated heterocycles. The minimum atomic E-state index is -0.574. The third-order valence-electron chi connectivity index (χ3n) is 6.41. The van der Waals surface area contributed by atoms with Crippen molar-refractivity contribution < 1.29 is 23.5 Å². The minimum Gasteiger partial charge on any atom is -0.443 e. The van der Waals surface area contributed by atoms with Gasteiger partial charge < -0.3 is 15.4 Å². The number of anilines is 2. The molecule has 196 valence electrons. The second kappa shape index (κ2) is 10.8. The number of pyridine rings is 2. The number of hydrogen-bond donors (Lipinski definition) is 1. The van der Waals surface area contributed by atoms with Crippen molar-refractivity contribution in [2.24, 2.45) is 5.73 Å². The van der Waals surface area contributed by atoms with Gasteiger partial charge in [0.2, 0.25) is 0 Å². The maximum Gasteiger partial charge on any atom is 0.414 e. The van der Waals surface area contributed by atoms with Crippen LogP contribution in [0.5, 0.6) is 0 Å². The lowest BCUT2D eigenvalue weighted by Crippen LogP contribution is -2.50. The smallest absolute Gasteiger partial charge is 0.414 e. The average Bonchev–Trinajstić information content (AvgIpc) is 3.20. The first kappa shape index (κ1) is 25.1. The van der Waals surface area contributed by atoms with Gasteiger partial charge >= 0.3 is 6.09 Å². The van der Waals surface area contributed by atoms with E-state index in [1.807, 2.05) is 0 Å². The summed E-state index contributed by atoms with van der Waals surface area (Å²) in [5.74, 6) is -1.44. The third-order valence-corrected chi connectivity index (χ3v) is 6.41. The number of amides is 3. The van der Waals surface area contributed by atoms with Crippen LogP contribution in [0, 0.1) is 5.82 Å². The Morgan fingerprint density at radius 2 is 1.53 bits per heavy atom. The first-order chi connectivity index (χ1) is 18.5. The molecule has 1 atom stereocenters. The van der Waals surface area contributed by atoms with E-state index in [1.165, 1.54) is 33.4 Å². The summed E-state index contributed by atoms with van der Waals surface area (Å²) in [6.45, 7) is 1.13. The summed E-state index contributed by atoms with van der Waals surface area (Å²) < 4.78 is 20.5. The molecule has 2 aliphatic rings.